The van der Waals surface area contributed by atoms with Crippen LogP contribution in [0.3, 0.4) is 0 Å². The van der Waals surface area contributed by atoms with E-state index in [0.29, 0.717) is 19.8 Å². The predicted molar refractivity (Wildman–Crippen MR) is 73.7 cm³/mol. The Morgan fingerprint density at radius 1 is 1.39 bits per heavy atom. The number of rotatable bonds is 6. The topological polar surface area (TPSA) is 47.0 Å². The zero-order chi connectivity index (χ0) is 12.8. The fraction of sp³-hybridized carbons (Fsp3) is 0.286. The Labute approximate surface area is 107 Å². The summed E-state index contributed by atoms with van der Waals surface area (Å²) < 4.78 is 5.42. The van der Waals surface area contributed by atoms with Gasteiger partial charge in [0.1, 0.15) is 0 Å². The standard InChI is InChI=1S/C14H17N3O/c1-11(2)10-18-8-7-15-14-13-6-4-3-5-12(13)9-16-17-14/h3-6,9H,1,7-8,10H2,2H3,(H,15,17). The molecule has 0 saturated carbocycles. The third-order valence-corrected chi connectivity index (χ3v) is 2.46. The monoisotopic (exact) mass is 243 g/mol. The molecular formula is C14H17N3O. The predicted octanol–water partition coefficient (Wildman–Crippen LogP) is 2.63. The highest BCUT2D eigenvalue weighted by Crippen LogP contribution is 2.18. The average Bonchev–Trinajstić information content (AvgIpc) is 2.38. The Morgan fingerprint density at radius 3 is 3.06 bits per heavy atom. The molecule has 0 atom stereocenters. The van der Waals surface area contributed by atoms with Gasteiger partial charge in [0.2, 0.25) is 0 Å². The number of benzene rings is 1. The van der Waals surface area contributed by atoms with Gasteiger partial charge in [-0.15, -0.1) is 5.10 Å². The minimum atomic E-state index is 0.600. The molecule has 0 unspecified atom stereocenters. The van der Waals surface area contributed by atoms with E-state index in [-0.39, 0.29) is 0 Å². The van der Waals surface area contributed by atoms with E-state index in [1.165, 1.54) is 0 Å². The normalized spacial score (nSPS) is 10.5. The van der Waals surface area contributed by atoms with Gasteiger partial charge in [-0.05, 0) is 6.92 Å². The first-order valence-corrected chi connectivity index (χ1v) is 5.94. The SMILES string of the molecule is C=C(C)COCCNc1nncc2ccccc12. The van der Waals surface area contributed by atoms with Crippen LogP contribution in [0.5, 0.6) is 0 Å². The van der Waals surface area contributed by atoms with Gasteiger partial charge in [-0.1, -0.05) is 36.4 Å². The van der Waals surface area contributed by atoms with Crippen LogP contribution in [-0.2, 0) is 4.74 Å². The van der Waals surface area contributed by atoms with E-state index in [1.807, 2.05) is 31.2 Å². The van der Waals surface area contributed by atoms with Crippen LogP contribution in [0.25, 0.3) is 10.8 Å². The Kier molecular flexibility index (Phi) is 4.25. The van der Waals surface area contributed by atoms with Gasteiger partial charge in [-0.25, -0.2) is 0 Å². The molecule has 94 valence electrons. The van der Waals surface area contributed by atoms with Gasteiger partial charge in [-0.2, -0.15) is 5.10 Å². The van der Waals surface area contributed by atoms with Gasteiger partial charge < -0.3 is 10.1 Å². The molecule has 0 saturated heterocycles. The number of nitrogens with zero attached hydrogens (tertiary/aromatic N) is 2. The second-order valence-electron chi connectivity index (χ2n) is 4.22. The van der Waals surface area contributed by atoms with Crippen LogP contribution in [-0.4, -0.2) is 30.0 Å². The summed E-state index contributed by atoms with van der Waals surface area (Å²) in [7, 11) is 0. The van der Waals surface area contributed by atoms with E-state index in [1.54, 1.807) is 6.20 Å². The molecule has 0 radical (unpaired) electrons. The van der Waals surface area contributed by atoms with Crippen molar-refractivity contribution in [1.29, 1.82) is 0 Å². The van der Waals surface area contributed by atoms with Crippen LogP contribution >= 0.6 is 0 Å². The molecule has 1 aromatic heterocycles. The fourth-order valence-corrected chi connectivity index (χ4v) is 1.65. The summed E-state index contributed by atoms with van der Waals surface area (Å²) in [4.78, 5) is 0. The van der Waals surface area contributed by atoms with Gasteiger partial charge in [0.15, 0.2) is 5.82 Å². The highest BCUT2D eigenvalue weighted by atomic mass is 16.5. The molecule has 2 rings (SSSR count). The van der Waals surface area contributed by atoms with Crippen molar-refractivity contribution in [2.75, 3.05) is 25.1 Å². The quantitative estimate of drug-likeness (QED) is 0.626. The molecule has 0 aliphatic heterocycles. The van der Waals surface area contributed by atoms with Crippen molar-refractivity contribution >= 4 is 16.6 Å². The van der Waals surface area contributed by atoms with E-state index in [2.05, 4.69) is 22.1 Å². The molecule has 0 fully saturated rings. The number of ether oxygens (including phenoxy) is 1. The summed E-state index contributed by atoms with van der Waals surface area (Å²) in [6.07, 6.45) is 1.76. The second kappa shape index (κ2) is 6.12. The minimum absolute atomic E-state index is 0.600. The van der Waals surface area contributed by atoms with Crippen molar-refractivity contribution in [2.45, 2.75) is 6.92 Å². The van der Waals surface area contributed by atoms with Crippen molar-refractivity contribution < 1.29 is 4.74 Å². The number of hydrogen-bond acceptors (Lipinski definition) is 4. The molecule has 0 aliphatic carbocycles. The number of anilines is 1. The van der Waals surface area contributed by atoms with Crippen molar-refractivity contribution in [2.24, 2.45) is 0 Å². The van der Waals surface area contributed by atoms with Gasteiger partial charge in [0.05, 0.1) is 19.4 Å². The molecule has 4 nitrogen and oxygen atoms in total. The first kappa shape index (κ1) is 12.5. The number of hydrogen-bond donors (Lipinski definition) is 1. The summed E-state index contributed by atoms with van der Waals surface area (Å²) in [6, 6.07) is 8.03. The molecule has 1 N–H and O–H groups in total. The highest BCUT2D eigenvalue weighted by molar-refractivity contribution is 5.90. The molecule has 4 heteroatoms. The molecule has 0 aliphatic rings. The largest absolute Gasteiger partial charge is 0.375 e. The van der Waals surface area contributed by atoms with Gasteiger partial charge in [0.25, 0.3) is 0 Å². The second-order valence-corrected chi connectivity index (χ2v) is 4.22. The maximum Gasteiger partial charge on any atom is 0.156 e. The molecule has 18 heavy (non-hydrogen) atoms. The number of aromatic nitrogens is 2. The van der Waals surface area contributed by atoms with Gasteiger partial charge in [-0.3, -0.25) is 0 Å². The summed E-state index contributed by atoms with van der Waals surface area (Å²) in [5, 5.41) is 13.5. The smallest absolute Gasteiger partial charge is 0.156 e. The van der Waals surface area contributed by atoms with Crippen molar-refractivity contribution in [1.82, 2.24) is 10.2 Å². The molecule has 1 heterocycles. The average molecular weight is 243 g/mol. The first-order valence-electron chi connectivity index (χ1n) is 5.94. The van der Waals surface area contributed by atoms with Gasteiger partial charge in [0, 0.05) is 17.3 Å². The van der Waals surface area contributed by atoms with Crippen molar-refractivity contribution in [3.05, 3.63) is 42.6 Å². The zero-order valence-electron chi connectivity index (χ0n) is 10.5. The Hall–Kier alpha value is -1.94. The van der Waals surface area contributed by atoms with Crippen LogP contribution in [0.4, 0.5) is 5.82 Å². The summed E-state index contributed by atoms with van der Waals surface area (Å²) in [5.41, 5.74) is 1.03. The van der Waals surface area contributed by atoms with Crippen LogP contribution in [0.1, 0.15) is 6.92 Å². The van der Waals surface area contributed by atoms with Crippen LogP contribution < -0.4 is 5.32 Å². The highest BCUT2D eigenvalue weighted by Gasteiger charge is 2.01. The lowest BCUT2D eigenvalue weighted by molar-refractivity contribution is 0.167. The maximum absolute atomic E-state index is 5.42. The lowest BCUT2D eigenvalue weighted by Crippen LogP contribution is -2.11. The Morgan fingerprint density at radius 2 is 2.22 bits per heavy atom. The third-order valence-electron chi connectivity index (χ3n) is 2.46. The maximum atomic E-state index is 5.42. The molecule has 0 spiro atoms. The summed E-state index contributed by atoms with van der Waals surface area (Å²) in [5.74, 6) is 0.798. The lowest BCUT2D eigenvalue weighted by Gasteiger charge is -2.08. The minimum Gasteiger partial charge on any atom is -0.375 e. The lowest BCUT2D eigenvalue weighted by atomic mass is 10.2. The first-order chi connectivity index (χ1) is 8.77. The summed E-state index contributed by atoms with van der Waals surface area (Å²) >= 11 is 0. The molecule has 0 amide bonds. The Bertz CT molecular complexity index is 534. The summed E-state index contributed by atoms with van der Waals surface area (Å²) in [6.45, 7) is 7.66. The van der Waals surface area contributed by atoms with Crippen LogP contribution in [0, 0.1) is 0 Å². The van der Waals surface area contributed by atoms with Crippen LogP contribution in [0.2, 0.25) is 0 Å². The molecular weight excluding hydrogens is 226 g/mol. The Balaban J connectivity index is 1.93. The van der Waals surface area contributed by atoms with Crippen LogP contribution in [0.15, 0.2) is 42.6 Å². The van der Waals surface area contributed by atoms with E-state index in [0.717, 1.165) is 22.2 Å². The van der Waals surface area contributed by atoms with Crippen molar-refractivity contribution in [3.63, 3.8) is 0 Å². The number of nitrogens with one attached hydrogen (secondary N) is 1. The molecule has 1 aromatic carbocycles. The fourth-order valence-electron chi connectivity index (χ4n) is 1.65. The van der Waals surface area contributed by atoms with Gasteiger partial charge >= 0.3 is 0 Å². The zero-order valence-corrected chi connectivity index (χ0v) is 10.5. The van der Waals surface area contributed by atoms with E-state index in [9.17, 15) is 0 Å². The third kappa shape index (κ3) is 3.28. The number of fused-ring (bicyclic) bond motifs is 1. The van der Waals surface area contributed by atoms with E-state index < -0.39 is 0 Å². The molecule has 0 bridgehead atoms. The van der Waals surface area contributed by atoms with Crippen molar-refractivity contribution in [3.8, 4) is 0 Å². The van der Waals surface area contributed by atoms with E-state index >= 15 is 0 Å². The van der Waals surface area contributed by atoms with E-state index in [4.69, 9.17) is 4.74 Å². The molecule has 2 aromatic rings.